The highest BCUT2D eigenvalue weighted by Gasteiger charge is 2.44. The number of unbranched alkanes of at least 4 members (excludes halogenated alkanes) is 28. The summed E-state index contributed by atoms with van der Waals surface area (Å²) in [5.41, 5.74) is 0. The Hall–Kier alpha value is -1.59. The molecule has 0 aromatic carbocycles. The summed E-state index contributed by atoms with van der Waals surface area (Å²) in [4.78, 5) is 12.9. The summed E-state index contributed by atoms with van der Waals surface area (Å²) in [7, 11) is 0. The standard InChI is InChI=1S/C50H93NO8/c1-3-5-7-9-11-13-14-15-16-17-18-19-20-21-22-23-24-25-26-27-28-29-30-32-34-36-38-40-46(54)51-43(44(53)39-37-35-33-31-12-10-8-6-4-2)42-58-50-49(57)48(56)47(55)45(41-52)59-50/h4,6,12,31,37,39,43-45,47-50,52-53,55-57H,3,5,7-11,13-30,32-36,38,40-42H2,1-2H3,(H,51,54)/b6-4+,31-12+,39-37+. The fraction of sp³-hybridized carbons (Fsp3) is 0.860. The Labute approximate surface area is 361 Å². The first-order valence-corrected chi connectivity index (χ1v) is 24.7. The average molecular weight is 836 g/mol. The maximum atomic E-state index is 12.9. The van der Waals surface area contributed by atoms with Gasteiger partial charge >= 0.3 is 0 Å². The van der Waals surface area contributed by atoms with Crippen LogP contribution in [0, 0.1) is 0 Å². The van der Waals surface area contributed by atoms with E-state index in [0.717, 1.165) is 44.9 Å². The molecule has 9 heteroatoms. The monoisotopic (exact) mass is 836 g/mol. The van der Waals surface area contributed by atoms with Crippen LogP contribution in [-0.2, 0) is 14.3 Å². The van der Waals surface area contributed by atoms with Gasteiger partial charge in [-0.25, -0.2) is 0 Å². The Morgan fingerprint density at radius 1 is 0.593 bits per heavy atom. The fourth-order valence-corrected chi connectivity index (χ4v) is 7.84. The van der Waals surface area contributed by atoms with Gasteiger partial charge in [0.1, 0.15) is 24.4 Å². The molecule has 0 bridgehead atoms. The van der Waals surface area contributed by atoms with Gasteiger partial charge in [-0.1, -0.05) is 210 Å². The molecule has 0 radical (unpaired) electrons. The molecule has 0 aromatic heterocycles. The average Bonchev–Trinajstić information content (AvgIpc) is 3.23. The fourth-order valence-electron chi connectivity index (χ4n) is 7.84. The predicted octanol–water partition coefficient (Wildman–Crippen LogP) is 10.8. The van der Waals surface area contributed by atoms with Crippen molar-refractivity contribution in [2.24, 2.45) is 0 Å². The number of carbonyl (C=O) groups is 1. The largest absolute Gasteiger partial charge is 0.394 e. The normalized spacial score (nSPS) is 21.0. The van der Waals surface area contributed by atoms with Gasteiger partial charge < -0.3 is 40.3 Å². The van der Waals surface area contributed by atoms with Crippen LogP contribution < -0.4 is 5.32 Å². The highest BCUT2D eigenvalue weighted by atomic mass is 16.7. The quantitative estimate of drug-likeness (QED) is 0.0263. The van der Waals surface area contributed by atoms with Gasteiger partial charge in [0, 0.05) is 6.42 Å². The van der Waals surface area contributed by atoms with Gasteiger partial charge in [-0.2, -0.15) is 0 Å². The maximum Gasteiger partial charge on any atom is 0.220 e. The highest BCUT2D eigenvalue weighted by Crippen LogP contribution is 2.23. The molecule has 6 N–H and O–H groups in total. The number of allylic oxidation sites excluding steroid dienone is 5. The van der Waals surface area contributed by atoms with Gasteiger partial charge in [-0.15, -0.1) is 0 Å². The minimum atomic E-state index is -1.57. The molecule has 1 fully saturated rings. The summed E-state index contributed by atoms with van der Waals surface area (Å²) in [5.74, 6) is -0.191. The van der Waals surface area contributed by atoms with Gasteiger partial charge in [0.05, 0.1) is 25.4 Å². The Balaban J connectivity index is 2.15. The van der Waals surface area contributed by atoms with Crippen LogP contribution in [0.1, 0.15) is 219 Å². The van der Waals surface area contributed by atoms with Gasteiger partial charge in [-0.3, -0.25) is 4.79 Å². The third kappa shape index (κ3) is 31.0. The number of amides is 1. The summed E-state index contributed by atoms with van der Waals surface area (Å²) < 4.78 is 11.2. The molecule has 7 unspecified atom stereocenters. The molecule has 1 saturated heterocycles. The number of hydrogen-bond donors (Lipinski definition) is 6. The van der Waals surface area contributed by atoms with Crippen LogP contribution >= 0.6 is 0 Å². The van der Waals surface area contributed by atoms with Gasteiger partial charge in [0.15, 0.2) is 6.29 Å². The van der Waals surface area contributed by atoms with Gasteiger partial charge in [0.25, 0.3) is 0 Å². The van der Waals surface area contributed by atoms with Crippen molar-refractivity contribution in [2.45, 2.75) is 262 Å². The zero-order valence-electron chi connectivity index (χ0n) is 38.0. The first kappa shape index (κ1) is 55.4. The number of aliphatic hydroxyl groups excluding tert-OH is 5. The second-order valence-electron chi connectivity index (χ2n) is 17.3. The molecule has 0 spiro atoms. The SMILES string of the molecule is C/C=C/CC/C=C/CC/C=C/C(O)C(COC1OC(CO)C(O)C(O)C1O)NC(=O)CCCCCCCCCCCCCCCCCCCCCCCCCCCCC. The van der Waals surface area contributed by atoms with E-state index in [2.05, 4.69) is 30.5 Å². The first-order chi connectivity index (χ1) is 28.8. The maximum absolute atomic E-state index is 12.9. The number of carbonyl (C=O) groups excluding carboxylic acids is 1. The second kappa shape index (κ2) is 40.5. The van der Waals surface area contributed by atoms with Crippen molar-refractivity contribution in [3.8, 4) is 0 Å². The molecule has 1 amide bonds. The Kier molecular flexibility index (Phi) is 38.0. The number of aliphatic hydroxyl groups is 5. The van der Waals surface area contributed by atoms with E-state index in [1.54, 1.807) is 6.08 Å². The van der Waals surface area contributed by atoms with Crippen LogP contribution in [0.2, 0.25) is 0 Å². The minimum Gasteiger partial charge on any atom is -0.394 e. The molecule has 346 valence electrons. The molecule has 0 aromatic rings. The van der Waals surface area contributed by atoms with Crippen molar-refractivity contribution in [1.82, 2.24) is 5.32 Å². The molecular weight excluding hydrogens is 743 g/mol. The minimum absolute atomic E-state index is 0.191. The van der Waals surface area contributed by atoms with Gasteiger partial charge in [-0.05, 0) is 39.0 Å². The molecule has 1 rings (SSSR count). The molecule has 0 saturated carbocycles. The van der Waals surface area contributed by atoms with Crippen molar-refractivity contribution in [1.29, 1.82) is 0 Å². The first-order valence-electron chi connectivity index (χ1n) is 24.7. The molecule has 9 nitrogen and oxygen atoms in total. The molecule has 1 aliphatic rings. The number of hydrogen-bond acceptors (Lipinski definition) is 8. The van der Waals surface area contributed by atoms with Crippen molar-refractivity contribution in [2.75, 3.05) is 13.2 Å². The molecule has 59 heavy (non-hydrogen) atoms. The van der Waals surface area contributed by atoms with E-state index in [9.17, 15) is 30.3 Å². The van der Waals surface area contributed by atoms with Crippen LogP contribution in [-0.4, -0.2) is 87.5 Å². The summed E-state index contributed by atoms with van der Waals surface area (Å²) in [6, 6.07) is -0.823. The second-order valence-corrected chi connectivity index (χ2v) is 17.3. The van der Waals surface area contributed by atoms with Crippen LogP contribution in [0.3, 0.4) is 0 Å². The summed E-state index contributed by atoms with van der Waals surface area (Å²) in [6.07, 6.45) is 43.9. The third-order valence-electron chi connectivity index (χ3n) is 11.8. The van der Waals surface area contributed by atoms with Crippen molar-refractivity contribution in [3.63, 3.8) is 0 Å². The van der Waals surface area contributed by atoms with Gasteiger partial charge in [0.2, 0.25) is 5.91 Å². The lowest BCUT2D eigenvalue weighted by atomic mass is 9.99. The molecular formula is C50H93NO8. The Bertz CT molecular complexity index is 1020. The van der Waals surface area contributed by atoms with Crippen LogP contribution in [0.15, 0.2) is 36.5 Å². The van der Waals surface area contributed by atoms with E-state index in [-0.39, 0.29) is 12.5 Å². The van der Waals surface area contributed by atoms with E-state index < -0.39 is 49.5 Å². The predicted molar refractivity (Wildman–Crippen MR) is 244 cm³/mol. The highest BCUT2D eigenvalue weighted by molar-refractivity contribution is 5.76. The lowest BCUT2D eigenvalue weighted by Gasteiger charge is -2.40. The number of nitrogens with one attached hydrogen (secondary N) is 1. The van der Waals surface area contributed by atoms with Crippen LogP contribution in [0.5, 0.6) is 0 Å². The lowest BCUT2D eigenvalue weighted by Crippen LogP contribution is -2.60. The lowest BCUT2D eigenvalue weighted by molar-refractivity contribution is -0.302. The molecule has 1 aliphatic heterocycles. The zero-order valence-corrected chi connectivity index (χ0v) is 38.0. The van der Waals surface area contributed by atoms with E-state index in [1.165, 1.54) is 154 Å². The molecule has 1 heterocycles. The number of ether oxygens (including phenoxy) is 2. The number of rotatable bonds is 41. The zero-order chi connectivity index (χ0) is 43.0. The van der Waals surface area contributed by atoms with E-state index in [0.29, 0.717) is 6.42 Å². The van der Waals surface area contributed by atoms with Crippen molar-refractivity contribution < 1.29 is 39.8 Å². The van der Waals surface area contributed by atoms with E-state index in [1.807, 2.05) is 19.1 Å². The van der Waals surface area contributed by atoms with E-state index >= 15 is 0 Å². The molecule has 7 atom stereocenters. The van der Waals surface area contributed by atoms with Crippen molar-refractivity contribution in [3.05, 3.63) is 36.5 Å². The van der Waals surface area contributed by atoms with Crippen LogP contribution in [0.4, 0.5) is 0 Å². The summed E-state index contributed by atoms with van der Waals surface area (Å²) >= 11 is 0. The van der Waals surface area contributed by atoms with Crippen molar-refractivity contribution >= 4 is 5.91 Å². The van der Waals surface area contributed by atoms with Crippen LogP contribution in [0.25, 0.3) is 0 Å². The third-order valence-corrected chi connectivity index (χ3v) is 11.8. The summed E-state index contributed by atoms with van der Waals surface area (Å²) in [5, 5.41) is 54.0. The molecule has 0 aliphatic carbocycles. The smallest absolute Gasteiger partial charge is 0.220 e. The Morgan fingerprint density at radius 3 is 1.42 bits per heavy atom. The van der Waals surface area contributed by atoms with E-state index in [4.69, 9.17) is 9.47 Å². The Morgan fingerprint density at radius 2 is 1.00 bits per heavy atom. The topological polar surface area (TPSA) is 149 Å². The summed E-state index contributed by atoms with van der Waals surface area (Å²) in [6.45, 7) is 3.53.